The van der Waals surface area contributed by atoms with Gasteiger partial charge in [-0.15, -0.1) is 24.0 Å². The molecule has 4 heterocycles. The fraction of sp³-hybridized carbons (Fsp3) is 0.387. The van der Waals surface area contributed by atoms with Gasteiger partial charge in [0.25, 0.3) is 11.1 Å². The van der Waals surface area contributed by atoms with Crippen molar-refractivity contribution in [3.8, 4) is 5.69 Å². The first-order chi connectivity index (χ1) is 19.8. The van der Waals surface area contributed by atoms with Crippen LogP contribution >= 0.6 is 24.0 Å². The van der Waals surface area contributed by atoms with Gasteiger partial charge < -0.3 is 4.90 Å². The van der Waals surface area contributed by atoms with Crippen LogP contribution in [-0.4, -0.2) is 37.7 Å². The highest BCUT2D eigenvalue weighted by Crippen LogP contribution is 2.36. The lowest BCUT2D eigenvalue weighted by atomic mass is 9.95. The maximum Gasteiger partial charge on any atom is 0.271 e. The molecule has 0 N–H and O–H groups in total. The van der Waals surface area contributed by atoms with E-state index in [1.807, 2.05) is 48.0 Å². The van der Waals surface area contributed by atoms with Gasteiger partial charge in [-0.2, -0.15) is 0 Å². The minimum Gasteiger partial charge on any atom is -0.374 e. The summed E-state index contributed by atoms with van der Waals surface area (Å²) >= 11 is 5.57. The number of benzene rings is 1. The van der Waals surface area contributed by atoms with Crippen LogP contribution in [-0.2, 0) is 0 Å². The number of thiophene rings is 1. The number of anilines is 1. The average Bonchev–Trinajstić information content (AvgIpc) is 3.37. The van der Waals surface area contributed by atoms with E-state index in [2.05, 4.69) is 41.5 Å². The lowest BCUT2D eigenvalue weighted by molar-refractivity contribution is 0.345. The van der Waals surface area contributed by atoms with Crippen LogP contribution in [0.4, 0.5) is 5.69 Å². The molecule has 0 atom stereocenters. The van der Waals surface area contributed by atoms with Crippen LogP contribution in [0.25, 0.3) is 26.1 Å². The van der Waals surface area contributed by atoms with Gasteiger partial charge in [0.05, 0.1) is 33.5 Å². The largest absolute Gasteiger partial charge is 0.374 e. The Morgan fingerprint density at radius 3 is 2.44 bits per heavy atom. The van der Waals surface area contributed by atoms with Crippen LogP contribution in [0, 0.1) is 13.8 Å². The summed E-state index contributed by atoms with van der Waals surface area (Å²) in [6.45, 7) is 6.94. The quantitative estimate of drug-likeness (QED) is 0.236. The van der Waals surface area contributed by atoms with Gasteiger partial charge in [0, 0.05) is 32.0 Å². The fourth-order valence-electron chi connectivity index (χ4n) is 5.47. The van der Waals surface area contributed by atoms with Gasteiger partial charge in [0.1, 0.15) is 15.4 Å². The van der Waals surface area contributed by atoms with E-state index in [0.29, 0.717) is 16.8 Å². The van der Waals surface area contributed by atoms with Gasteiger partial charge >= 0.3 is 0 Å². The molecule has 214 valence electrons. The van der Waals surface area contributed by atoms with Crippen molar-refractivity contribution in [2.24, 2.45) is 0 Å². The molecule has 4 aromatic heterocycles. The van der Waals surface area contributed by atoms with Gasteiger partial charge in [-0.05, 0) is 51.3 Å². The molecule has 6 rings (SSSR count). The summed E-state index contributed by atoms with van der Waals surface area (Å²) in [4.78, 5) is 41.9. The molecule has 1 aromatic carbocycles. The lowest BCUT2D eigenvalue weighted by Crippen LogP contribution is -2.26. The first-order valence-corrected chi connectivity index (χ1v) is 15.4. The highest BCUT2D eigenvalue weighted by atomic mass is 32.1. The zero-order valence-corrected chi connectivity index (χ0v) is 25.7. The molecule has 0 saturated heterocycles. The Bertz CT molecular complexity index is 1790. The topological polar surface area (TPSA) is 85.9 Å². The van der Waals surface area contributed by atoms with Crippen molar-refractivity contribution in [1.29, 1.82) is 0 Å². The summed E-state index contributed by atoms with van der Waals surface area (Å²) in [6, 6.07) is 10.1. The zero-order chi connectivity index (χ0) is 29.1. The van der Waals surface area contributed by atoms with Crippen LogP contribution in [0.1, 0.15) is 62.9 Å². The number of aromatic nitrogens is 5. The van der Waals surface area contributed by atoms with E-state index in [-0.39, 0.29) is 11.1 Å². The first kappa shape index (κ1) is 29.0. The summed E-state index contributed by atoms with van der Waals surface area (Å²) in [5, 5.41) is 1.02. The van der Waals surface area contributed by atoms with Crippen LogP contribution in [0.5, 0.6) is 0 Å². The van der Waals surface area contributed by atoms with E-state index >= 15 is 0 Å². The smallest absolute Gasteiger partial charge is 0.271 e. The van der Waals surface area contributed by atoms with Crippen LogP contribution in [0.3, 0.4) is 0 Å². The number of aryl methyl sites for hydroxylation is 2. The molecule has 1 fully saturated rings. The highest BCUT2D eigenvalue weighted by Gasteiger charge is 2.21. The maximum absolute atomic E-state index is 13.1. The Morgan fingerprint density at radius 1 is 1.00 bits per heavy atom. The second-order valence-corrected chi connectivity index (χ2v) is 12.1. The van der Waals surface area contributed by atoms with Crippen molar-refractivity contribution >= 4 is 50.1 Å². The molecule has 10 heteroatoms. The van der Waals surface area contributed by atoms with E-state index in [1.54, 1.807) is 17.8 Å². The van der Waals surface area contributed by atoms with Crippen LogP contribution in [0.2, 0.25) is 0 Å². The molecular formula is C31H36N6O2S2. The molecule has 1 aliphatic carbocycles. The van der Waals surface area contributed by atoms with E-state index in [0.717, 1.165) is 63.2 Å². The molecule has 0 aliphatic heterocycles. The number of hydrogen-bond donors (Lipinski definition) is 1. The molecule has 0 spiro atoms. The van der Waals surface area contributed by atoms with Crippen LogP contribution < -0.4 is 16.0 Å². The highest BCUT2D eigenvalue weighted by molar-refractivity contribution is 7.80. The third-order valence-corrected chi connectivity index (χ3v) is 9.02. The number of fused-ring (bicyclic) bond motifs is 3. The van der Waals surface area contributed by atoms with E-state index in [9.17, 15) is 9.59 Å². The normalized spacial score (nSPS) is 13.8. The van der Waals surface area contributed by atoms with E-state index < -0.39 is 0 Å². The molecule has 1 saturated carbocycles. The minimum absolute atomic E-state index is 0.101. The molecular weight excluding hydrogens is 553 g/mol. The summed E-state index contributed by atoms with van der Waals surface area (Å²) in [5.74, 6) is 0.659. The minimum atomic E-state index is -0.139. The van der Waals surface area contributed by atoms with Crippen molar-refractivity contribution in [3.05, 3.63) is 81.1 Å². The second kappa shape index (κ2) is 12.6. The number of thiol groups is 1. The summed E-state index contributed by atoms with van der Waals surface area (Å²) in [6.07, 6.45) is 12.0. The number of hydrogen-bond acceptors (Lipinski definition) is 8. The van der Waals surface area contributed by atoms with Crippen molar-refractivity contribution in [2.75, 3.05) is 18.5 Å². The Morgan fingerprint density at radius 2 is 1.73 bits per heavy atom. The lowest BCUT2D eigenvalue weighted by Gasteiger charge is -2.23. The summed E-state index contributed by atoms with van der Waals surface area (Å²) in [7, 11) is 2.09. The molecule has 0 unspecified atom stereocenters. The predicted molar refractivity (Wildman–Crippen MR) is 171 cm³/mol. The summed E-state index contributed by atoms with van der Waals surface area (Å²) < 4.78 is 4.17. The number of rotatable bonds is 5. The second-order valence-electron chi connectivity index (χ2n) is 10.6. The van der Waals surface area contributed by atoms with Crippen LogP contribution in [0.15, 0.2) is 63.5 Å². The van der Waals surface area contributed by atoms with Gasteiger partial charge in [-0.25, -0.2) is 15.0 Å². The fourth-order valence-corrected chi connectivity index (χ4v) is 6.68. The van der Waals surface area contributed by atoms with Crippen molar-refractivity contribution < 1.29 is 0 Å². The molecule has 41 heavy (non-hydrogen) atoms. The molecule has 0 radical (unpaired) electrons. The monoisotopic (exact) mass is 588 g/mol. The van der Waals surface area contributed by atoms with E-state index in [4.69, 9.17) is 4.98 Å². The molecule has 0 bridgehead atoms. The molecule has 5 aromatic rings. The van der Waals surface area contributed by atoms with E-state index in [1.165, 1.54) is 36.8 Å². The third-order valence-electron chi connectivity index (χ3n) is 7.63. The average molecular weight is 589 g/mol. The molecule has 0 amide bonds. The van der Waals surface area contributed by atoms with Crippen molar-refractivity contribution in [2.45, 2.75) is 70.2 Å². The third kappa shape index (κ3) is 5.94. The Hall–Kier alpha value is -3.50. The number of nitrogens with zero attached hydrogens (tertiary/aromatic N) is 6. The molecule has 8 nitrogen and oxygen atoms in total. The predicted octanol–water partition coefficient (Wildman–Crippen LogP) is 6.50. The Labute approximate surface area is 249 Å². The Balaban J connectivity index is 0.000000182. The standard InChI is InChI=1S/C19H24N4OS.C12H12N2OS/c1-3-11-22(2)14-9-10-20-18-15(14)16-17(25-18)19(24)23(12-21-16)13-7-5-4-6-8-13;1-8-3-5-10(6-4-8)14-9(2)13-7-11(16)12(14)15/h9-10,12-13H,3-8,11H2,1-2H3;3-7,16H,1-2H3. The zero-order valence-electron chi connectivity index (χ0n) is 24.0. The van der Waals surface area contributed by atoms with Gasteiger partial charge in [0.2, 0.25) is 0 Å². The first-order valence-electron chi connectivity index (χ1n) is 14.1. The van der Waals surface area contributed by atoms with Gasteiger partial charge in [-0.3, -0.25) is 18.7 Å². The van der Waals surface area contributed by atoms with Gasteiger partial charge in [-0.1, -0.05) is 43.9 Å². The number of pyridine rings is 1. The summed E-state index contributed by atoms with van der Waals surface area (Å²) in [5.41, 5.74) is 3.85. The molecule has 1 aliphatic rings. The maximum atomic E-state index is 13.1. The Kier molecular flexibility index (Phi) is 8.89. The van der Waals surface area contributed by atoms with Crippen molar-refractivity contribution in [1.82, 2.24) is 24.1 Å². The van der Waals surface area contributed by atoms with Gasteiger partial charge in [0.15, 0.2) is 0 Å². The van der Waals surface area contributed by atoms with Crippen molar-refractivity contribution in [3.63, 3.8) is 0 Å². The SMILES string of the molecule is CCCN(C)c1ccnc2sc3c(=O)n(C4CCCCC4)cnc3c12.Cc1ccc(-n2c(C)ncc(S)c2=O)cc1.